The van der Waals surface area contributed by atoms with Crippen molar-refractivity contribution in [2.24, 2.45) is 11.8 Å². The monoisotopic (exact) mass is 293 g/mol. The summed E-state index contributed by atoms with van der Waals surface area (Å²) in [7, 11) is 0. The molecule has 0 radical (unpaired) electrons. The minimum Gasteiger partial charge on any atom is -0.312 e. The van der Waals surface area contributed by atoms with Crippen LogP contribution >= 0.6 is 0 Å². The minimum atomic E-state index is 0.150. The van der Waals surface area contributed by atoms with Gasteiger partial charge in [0.1, 0.15) is 0 Å². The molecule has 0 saturated carbocycles. The number of rotatable bonds is 3. The third-order valence-electron chi connectivity index (χ3n) is 4.71. The number of benzene rings is 1. The number of anilines is 1. The Morgan fingerprint density at radius 3 is 2.64 bits per heavy atom. The highest BCUT2D eigenvalue weighted by Crippen LogP contribution is 2.35. The summed E-state index contributed by atoms with van der Waals surface area (Å²) in [5.41, 5.74) is 2.25. The molecule has 0 spiro atoms. The summed E-state index contributed by atoms with van der Waals surface area (Å²) in [6.07, 6.45) is 3.70. The predicted molar refractivity (Wildman–Crippen MR) is 85.3 cm³/mol. The molecule has 2 fully saturated rings. The van der Waals surface area contributed by atoms with Gasteiger partial charge in [-0.05, 0) is 23.8 Å². The van der Waals surface area contributed by atoms with E-state index in [1.165, 1.54) is 5.56 Å². The van der Waals surface area contributed by atoms with Crippen LogP contribution in [0.1, 0.15) is 5.56 Å². The summed E-state index contributed by atoms with van der Waals surface area (Å²) in [5.74, 6) is 0.881. The fourth-order valence-corrected chi connectivity index (χ4v) is 3.67. The van der Waals surface area contributed by atoms with Crippen molar-refractivity contribution in [1.29, 1.82) is 0 Å². The second-order valence-electron chi connectivity index (χ2n) is 6.21. The average Bonchev–Trinajstić information content (AvgIpc) is 3.08. The maximum absolute atomic E-state index is 12.7. The van der Waals surface area contributed by atoms with Crippen molar-refractivity contribution in [2.75, 3.05) is 24.5 Å². The summed E-state index contributed by atoms with van der Waals surface area (Å²) >= 11 is 0. The first-order valence-corrected chi connectivity index (χ1v) is 7.79. The molecule has 1 aromatic carbocycles. The molecule has 3 heterocycles. The Kier molecular flexibility index (Phi) is 3.39. The van der Waals surface area contributed by atoms with Crippen LogP contribution in [0.25, 0.3) is 0 Å². The third-order valence-corrected chi connectivity index (χ3v) is 4.71. The molecule has 0 N–H and O–H groups in total. The molecule has 4 heteroatoms. The SMILES string of the molecule is O=C1[C@@H]2CN(Cc3cccnc3)C[C@@H]2CN1c1ccccc1. The van der Waals surface area contributed by atoms with Gasteiger partial charge in [-0.2, -0.15) is 0 Å². The van der Waals surface area contributed by atoms with Crippen molar-refractivity contribution in [3.05, 3.63) is 60.4 Å². The molecular weight excluding hydrogens is 274 g/mol. The molecule has 4 rings (SSSR count). The van der Waals surface area contributed by atoms with Crippen molar-refractivity contribution in [2.45, 2.75) is 6.54 Å². The van der Waals surface area contributed by atoms with Crippen molar-refractivity contribution in [1.82, 2.24) is 9.88 Å². The van der Waals surface area contributed by atoms with E-state index in [0.29, 0.717) is 5.92 Å². The van der Waals surface area contributed by atoms with Gasteiger partial charge in [-0.1, -0.05) is 24.3 Å². The third kappa shape index (κ3) is 2.40. The Labute approximate surface area is 130 Å². The maximum atomic E-state index is 12.7. The Balaban J connectivity index is 1.44. The lowest BCUT2D eigenvalue weighted by Crippen LogP contribution is -2.32. The highest BCUT2D eigenvalue weighted by molar-refractivity contribution is 5.98. The zero-order valence-electron chi connectivity index (χ0n) is 12.4. The number of para-hydroxylation sites is 1. The molecule has 1 amide bonds. The van der Waals surface area contributed by atoms with E-state index in [1.54, 1.807) is 6.20 Å². The Morgan fingerprint density at radius 1 is 1.05 bits per heavy atom. The zero-order valence-corrected chi connectivity index (χ0v) is 12.4. The van der Waals surface area contributed by atoms with E-state index in [4.69, 9.17) is 0 Å². The molecule has 2 aromatic rings. The van der Waals surface area contributed by atoms with Crippen LogP contribution in [-0.4, -0.2) is 35.4 Å². The van der Waals surface area contributed by atoms with Gasteiger partial charge in [-0.15, -0.1) is 0 Å². The molecule has 0 unspecified atom stereocenters. The van der Waals surface area contributed by atoms with Crippen LogP contribution in [0.4, 0.5) is 5.69 Å². The molecule has 0 aliphatic carbocycles. The summed E-state index contributed by atoms with van der Waals surface area (Å²) in [4.78, 5) is 21.2. The van der Waals surface area contributed by atoms with E-state index in [1.807, 2.05) is 47.5 Å². The van der Waals surface area contributed by atoms with E-state index in [2.05, 4.69) is 16.0 Å². The molecule has 2 aliphatic heterocycles. The number of carbonyl (C=O) groups is 1. The van der Waals surface area contributed by atoms with E-state index < -0.39 is 0 Å². The Hall–Kier alpha value is -2.20. The lowest BCUT2D eigenvalue weighted by Gasteiger charge is -2.21. The number of hydrogen-bond acceptors (Lipinski definition) is 3. The van der Waals surface area contributed by atoms with E-state index in [-0.39, 0.29) is 11.8 Å². The van der Waals surface area contributed by atoms with Gasteiger partial charge in [0.2, 0.25) is 5.91 Å². The van der Waals surface area contributed by atoms with Crippen LogP contribution in [0, 0.1) is 11.8 Å². The second kappa shape index (κ2) is 5.54. The number of fused-ring (bicyclic) bond motifs is 1. The average molecular weight is 293 g/mol. The van der Waals surface area contributed by atoms with Crippen LogP contribution in [0.15, 0.2) is 54.9 Å². The smallest absolute Gasteiger partial charge is 0.231 e. The normalized spacial score (nSPS) is 24.7. The standard InChI is InChI=1S/C18H19N3O/c22-18-17-13-20(10-14-5-4-8-19-9-14)11-15(17)12-21(18)16-6-2-1-3-7-16/h1-9,15,17H,10-13H2/t15-,17-/m1/s1. The van der Waals surface area contributed by atoms with Gasteiger partial charge < -0.3 is 4.90 Å². The Bertz CT molecular complexity index is 659. The minimum absolute atomic E-state index is 0.150. The predicted octanol–water partition coefficient (Wildman–Crippen LogP) is 2.18. The largest absolute Gasteiger partial charge is 0.312 e. The quantitative estimate of drug-likeness (QED) is 0.870. The molecule has 0 bridgehead atoms. The Morgan fingerprint density at radius 2 is 1.91 bits per heavy atom. The summed E-state index contributed by atoms with van der Waals surface area (Å²) in [6, 6.07) is 14.1. The van der Waals surface area contributed by atoms with E-state index in [0.717, 1.165) is 31.9 Å². The van der Waals surface area contributed by atoms with Gasteiger partial charge in [-0.3, -0.25) is 14.7 Å². The first-order chi connectivity index (χ1) is 10.8. The van der Waals surface area contributed by atoms with Crippen molar-refractivity contribution < 1.29 is 4.79 Å². The van der Waals surface area contributed by atoms with Gasteiger partial charge in [-0.25, -0.2) is 0 Å². The number of carbonyl (C=O) groups excluding carboxylic acids is 1. The van der Waals surface area contributed by atoms with Crippen LogP contribution < -0.4 is 4.90 Å². The first kappa shape index (κ1) is 13.5. The highest BCUT2D eigenvalue weighted by atomic mass is 16.2. The number of aromatic nitrogens is 1. The number of amides is 1. The molecule has 4 nitrogen and oxygen atoms in total. The van der Waals surface area contributed by atoms with Gasteiger partial charge in [0.05, 0.1) is 5.92 Å². The van der Waals surface area contributed by atoms with Crippen molar-refractivity contribution >= 4 is 11.6 Å². The van der Waals surface area contributed by atoms with Crippen molar-refractivity contribution in [3.8, 4) is 0 Å². The lowest BCUT2D eigenvalue weighted by atomic mass is 10.0. The molecule has 2 atom stereocenters. The number of nitrogens with zero attached hydrogens (tertiary/aromatic N) is 3. The molecular formula is C18H19N3O. The first-order valence-electron chi connectivity index (χ1n) is 7.79. The number of likely N-dealkylation sites (tertiary alicyclic amines) is 1. The van der Waals surface area contributed by atoms with Crippen LogP contribution in [0.2, 0.25) is 0 Å². The number of hydrogen-bond donors (Lipinski definition) is 0. The van der Waals surface area contributed by atoms with Crippen LogP contribution in [-0.2, 0) is 11.3 Å². The molecule has 2 aliphatic rings. The van der Waals surface area contributed by atoms with E-state index in [9.17, 15) is 4.79 Å². The fraction of sp³-hybridized carbons (Fsp3) is 0.333. The summed E-state index contributed by atoms with van der Waals surface area (Å²) < 4.78 is 0. The molecule has 22 heavy (non-hydrogen) atoms. The number of pyridine rings is 1. The zero-order chi connectivity index (χ0) is 14.9. The topological polar surface area (TPSA) is 36.4 Å². The highest BCUT2D eigenvalue weighted by Gasteiger charge is 2.46. The summed E-state index contributed by atoms with van der Waals surface area (Å²) in [6.45, 7) is 3.59. The second-order valence-corrected chi connectivity index (χ2v) is 6.21. The molecule has 112 valence electrons. The van der Waals surface area contributed by atoms with Gasteiger partial charge in [0.25, 0.3) is 0 Å². The lowest BCUT2D eigenvalue weighted by molar-refractivity contribution is -0.120. The fourth-order valence-electron chi connectivity index (χ4n) is 3.67. The van der Waals surface area contributed by atoms with Crippen molar-refractivity contribution in [3.63, 3.8) is 0 Å². The maximum Gasteiger partial charge on any atom is 0.231 e. The van der Waals surface area contributed by atoms with Crippen LogP contribution in [0.5, 0.6) is 0 Å². The van der Waals surface area contributed by atoms with Gasteiger partial charge in [0, 0.05) is 50.2 Å². The molecule has 1 aromatic heterocycles. The van der Waals surface area contributed by atoms with E-state index >= 15 is 0 Å². The van der Waals surface area contributed by atoms with Gasteiger partial charge >= 0.3 is 0 Å². The van der Waals surface area contributed by atoms with Gasteiger partial charge in [0.15, 0.2) is 0 Å². The molecule has 2 saturated heterocycles. The van der Waals surface area contributed by atoms with Crippen LogP contribution in [0.3, 0.4) is 0 Å². The summed E-state index contributed by atoms with van der Waals surface area (Å²) in [5, 5.41) is 0.